The minimum absolute atomic E-state index is 0.248. The summed E-state index contributed by atoms with van der Waals surface area (Å²) in [6.07, 6.45) is 0. The van der Waals surface area contributed by atoms with Crippen LogP contribution in [0.2, 0.25) is 0 Å². The first kappa shape index (κ1) is 15.1. The lowest BCUT2D eigenvalue weighted by Crippen LogP contribution is -1.80. The van der Waals surface area contributed by atoms with Crippen LogP contribution in [0, 0.1) is 25.2 Å². The molecular formula is C19H15NO2S. The molecule has 0 aliphatic rings. The molecule has 3 nitrogen and oxygen atoms in total. The number of hydrogen-bond acceptors (Lipinski definition) is 4. The first-order chi connectivity index (χ1) is 11.0. The normalized spacial score (nSPS) is 10.5. The highest BCUT2D eigenvalue weighted by Gasteiger charge is 2.13. The van der Waals surface area contributed by atoms with Crippen molar-refractivity contribution in [1.29, 1.82) is 5.26 Å². The quantitative estimate of drug-likeness (QED) is 0.699. The summed E-state index contributed by atoms with van der Waals surface area (Å²) in [6, 6.07) is 14.9. The van der Waals surface area contributed by atoms with Gasteiger partial charge in [0.1, 0.15) is 17.6 Å². The maximum absolute atomic E-state index is 9.67. The van der Waals surface area contributed by atoms with Gasteiger partial charge in [0.05, 0.1) is 10.4 Å². The predicted molar refractivity (Wildman–Crippen MR) is 92.7 cm³/mol. The number of thiophene rings is 1. The highest BCUT2D eigenvalue weighted by molar-refractivity contribution is 7.19. The van der Waals surface area contributed by atoms with Gasteiger partial charge >= 0.3 is 0 Å². The fourth-order valence-electron chi connectivity index (χ4n) is 2.44. The first-order valence-electron chi connectivity index (χ1n) is 7.13. The number of rotatable bonds is 2. The van der Waals surface area contributed by atoms with Gasteiger partial charge in [0.2, 0.25) is 0 Å². The zero-order valence-corrected chi connectivity index (χ0v) is 13.6. The summed E-state index contributed by atoms with van der Waals surface area (Å²) in [6.45, 7) is 3.69. The molecule has 0 unspecified atom stereocenters. The van der Waals surface area contributed by atoms with Gasteiger partial charge < -0.3 is 10.2 Å². The highest BCUT2D eigenvalue weighted by Crippen LogP contribution is 2.39. The summed E-state index contributed by atoms with van der Waals surface area (Å²) in [5.74, 6) is 0.512. The number of nitrogens with zero attached hydrogens (tertiary/aromatic N) is 1. The van der Waals surface area contributed by atoms with Crippen molar-refractivity contribution in [2.45, 2.75) is 13.8 Å². The summed E-state index contributed by atoms with van der Waals surface area (Å²) in [5, 5.41) is 28.8. The summed E-state index contributed by atoms with van der Waals surface area (Å²) in [5.41, 5.74) is 4.09. The molecule has 0 fully saturated rings. The average Bonchev–Trinajstić information content (AvgIpc) is 2.97. The maximum atomic E-state index is 9.67. The van der Waals surface area contributed by atoms with Crippen molar-refractivity contribution in [2.24, 2.45) is 0 Å². The molecule has 0 atom stereocenters. The SMILES string of the molecule is Cc1cc(-c2cc(C#N)c(-c3ccc(O)c(C)c3)s2)ccc1O. The molecule has 0 aliphatic carbocycles. The molecule has 3 aromatic rings. The van der Waals surface area contributed by atoms with Crippen LogP contribution in [0.1, 0.15) is 16.7 Å². The molecule has 0 radical (unpaired) electrons. The fourth-order valence-corrected chi connectivity index (χ4v) is 3.54. The molecule has 0 aliphatic heterocycles. The van der Waals surface area contributed by atoms with Crippen LogP contribution in [0.4, 0.5) is 0 Å². The molecule has 0 bridgehead atoms. The van der Waals surface area contributed by atoms with Crippen LogP contribution in [0.3, 0.4) is 0 Å². The van der Waals surface area contributed by atoms with E-state index in [1.807, 2.05) is 44.2 Å². The number of aromatic hydroxyl groups is 2. The maximum Gasteiger partial charge on any atom is 0.118 e. The van der Waals surface area contributed by atoms with Crippen LogP contribution >= 0.6 is 11.3 Å². The minimum Gasteiger partial charge on any atom is -0.508 e. The third kappa shape index (κ3) is 2.79. The molecule has 23 heavy (non-hydrogen) atoms. The van der Waals surface area contributed by atoms with E-state index < -0.39 is 0 Å². The predicted octanol–water partition coefficient (Wildman–Crippen LogP) is 4.98. The fraction of sp³-hybridized carbons (Fsp3) is 0.105. The molecule has 1 heterocycles. The third-order valence-corrected chi connectivity index (χ3v) is 5.03. The second kappa shape index (κ2) is 5.79. The largest absolute Gasteiger partial charge is 0.508 e. The van der Waals surface area contributed by atoms with E-state index in [-0.39, 0.29) is 11.5 Å². The lowest BCUT2D eigenvalue weighted by molar-refractivity contribution is 0.471. The molecular weight excluding hydrogens is 306 g/mol. The Hall–Kier alpha value is -2.77. The van der Waals surface area contributed by atoms with Crippen molar-refractivity contribution in [1.82, 2.24) is 0 Å². The van der Waals surface area contributed by atoms with Gasteiger partial charge in [-0.2, -0.15) is 5.26 Å². The molecule has 0 saturated heterocycles. The zero-order valence-electron chi connectivity index (χ0n) is 12.8. The van der Waals surface area contributed by atoms with Crippen LogP contribution in [0.25, 0.3) is 20.9 Å². The third-order valence-electron chi connectivity index (χ3n) is 3.79. The summed E-state index contributed by atoms with van der Waals surface area (Å²) in [7, 11) is 0. The number of aryl methyl sites for hydroxylation is 2. The van der Waals surface area contributed by atoms with E-state index in [1.54, 1.807) is 12.1 Å². The van der Waals surface area contributed by atoms with E-state index >= 15 is 0 Å². The first-order valence-corrected chi connectivity index (χ1v) is 7.95. The second-order valence-corrected chi connectivity index (χ2v) is 6.52. The molecule has 2 aromatic carbocycles. The molecule has 0 saturated carbocycles. The van der Waals surface area contributed by atoms with Crippen LogP contribution in [-0.2, 0) is 0 Å². The number of hydrogen-bond donors (Lipinski definition) is 2. The summed E-state index contributed by atoms with van der Waals surface area (Å²) < 4.78 is 0. The van der Waals surface area contributed by atoms with Gasteiger partial charge in [0.25, 0.3) is 0 Å². The van der Waals surface area contributed by atoms with Gasteiger partial charge in [0, 0.05) is 4.88 Å². The van der Waals surface area contributed by atoms with Gasteiger partial charge in [-0.3, -0.25) is 0 Å². The van der Waals surface area contributed by atoms with Crippen LogP contribution in [0.5, 0.6) is 11.5 Å². The molecule has 4 heteroatoms. The van der Waals surface area contributed by atoms with Gasteiger partial charge in [-0.1, -0.05) is 0 Å². The lowest BCUT2D eigenvalue weighted by atomic mass is 10.1. The van der Waals surface area contributed by atoms with Crippen molar-refractivity contribution < 1.29 is 10.2 Å². The van der Waals surface area contributed by atoms with E-state index in [1.165, 1.54) is 11.3 Å². The monoisotopic (exact) mass is 321 g/mol. The average molecular weight is 321 g/mol. The number of phenolic OH excluding ortho intramolecular Hbond substituents is 2. The van der Waals surface area contributed by atoms with E-state index in [0.29, 0.717) is 5.56 Å². The number of benzene rings is 2. The topological polar surface area (TPSA) is 64.2 Å². The highest BCUT2D eigenvalue weighted by atomic mass is 32.1. The number of nitriles is 1. The Balaban J connectivity index is 2.12. The van der Waals surface area contributed by atoms with Gasteiger partial charge in [0.15, 0.2) is 0 Å². The van der Waals surface area contributed by atoms with Crippen molar-refractivity contribution in [3.05, 3.63) is 59.2 Å². The van der Waals surface area contributed by atoms with Crippen molar-refractivity contribution in [2.75, 3.05) is 0 Å². The minimum atomic E-state index is 0.248. The van der Waals surface area contributed by atoms with Crippen LogP contribution in [-0.4, -0.2) is 10.2 Å². The van der Waals surface area contributed by atoms with Crippen molar-refractivity contribution in [3.63, 3.8) is 0 Å². The van der Waals surface area contributed by atoms with Gasteiger partial charge in [-0.05, 0) is 78.6 Å². The van der Waals surface area contributed by atoms with Crippen LogP contribution < -0.4 is 0 Å². The Morgan fingerprint density at radius 3 is 2.00 bits per heavy atom. The van der Waals surface area contributed by atoms with E-state index in [9.17, 15) is 15.5 Å². The Bertz CT molecular complexity index is 935. The van der Waals surface area contributed by atoms with E-state index in [0.717, 1.165) is 32.0 Å². The molecule has 0 spiro atoms. The van der Waals surface area contributed by atoms with Crippen molar-refractivity contribution in [3.8, 4) is 38.4 Å². The molecule has 0 amide bonds. The Morgan fingerprint density at radius 1 is 0.870 bits per heavy atom. The molecule has 3 rings (SSSR count). The van der Waals surface area contributed by atoms with Gasteiger partial charge in [-0.15, -0.1) is 11.3 Å². The van der Waals surface area contributed by atoms with Crippen LogP contribution in [0.15, 0.2) is 42.5 Å². The van der Waals surface area contributed by atoms with E-state index in [4.69, 9.17) is 0 Å². The second-order valence-electron chi connectivity index (χ2n) is 5.47. The molecule has 1 aromatic heterocycles. The standard InChI is InChI=1S/C19H15NO2S/c1-11-7-13(3-5-16(11)21)18-9-15(10-20)19(23-18)14-4-6-17(22)12(2)8-14/h3-9,21-22H,1-2H3. The lowest BCUT2D eigenvalue weighted by Gasteiger charge is -2.03. The van der Waals surface area contributed by atoms with Crippen molar-refractivity contribution >= 4 is 11.3 Å². The summed E-state index contributed by atoms with van der Waals surface area (Å²) >= 11 is 1.53. The Kier molecular flexibility index (Phi) is 3.81. The summed E-state index contributed by atoms with van der Waals surface area (Å²) in [4.78, 5) is 1.86. The zero-order chi connectivity index (χ0) is 16.6. The van der Waals surface area contributed by atoms with E-state index in [2.05, 4.69) is 6.07 Å². The molecule has 2 N–H and O–H groups in total. The van der Waals surface area contributed by atoms with Gasteiger partial charge in [-0.25, -0.2) is 0 Å². The Labute approximate surface area is 138 Å². The molecule has 114 valence electrons. The number of phenols is 2. The smallest absolute Gasteiger partial charge is 0.118 e. The Morgan fingerprint density at radius 2 is 1.43 bits per heavy atom.